The summed E-state index contributed by atoms with van der Waals surface area (Å²) in [6, 6.07) is 7.47. The number of hydrogen-bond donors (Lipinski definition) is 2. The highest BCUT2D eigenvalue weighted by Crippen LogP contribution is 2.28. The fraction of sp³-hybridized carbons (Fsp3) is 0.143. The zero-order valence-electron chi connectivity index (χ0n) is 10.6. The van der Waals surface area contributed by atoms with Gasteiger partial charge in [-0.1, -0.05) is 18.2 Å². The Hall–Kier alpha value is -2.28. The molecular formula is C14H11F4NO2. The van der Waals surface area contributed by atoms with Crippen LogP contribution in [0, 0.1) is 5.82 Å². The molecular weight excluding hydrogens is 290 g/mol. The fourth-order valence-corrected chi connectivity index (χ4v) is 1.82. The highest BCUT2D eigenvalue weighted by Gasteiger charge is 2.31. The number of phenols is 1. The molecule has 0 amide bonds. The van der Waals surface area contributed by atoms with Crippen LogP contribution >= 0.6 is 0 Å². The second-order valence-corrected chi connectivity index (χ2v) is 4.30. The largest absolute Gasteiger partial charge is 0.573 e. The molecule has 0 radical (unpaired) electrons. The summed E-state index contributed by atoms with van der Waals surface area (Å²) in [7, 11) is 0. The predicted molar refractivity (Wildman–Crippen MR) is 67.2 cm³/mol. The van der Waals surface area contributed by atoms with E-state index in [9.17, 15) is 17.6 Å². The number of aromatic hydroxyl groups is 1. The van der Waals surface area contributed by atoms with Gasteiger partial charge in [0.25, 0.3) is 0 Å². The predicted octanol–water partition coefficient (Wildman–Crippen LogP) is 3.48. The number of rotatable bonds is 3. The van der Waals surface area contributed by atoms with Gasteiger partial charge in [-0.3, -0.25) is 0 Å². The van der Waals surface area contributed by atoms with Crippen LogP contribution in [0.5, 0.6) is 11.5 Å². The van der Waals surface area contributed by atoms with Crippen LogP contribution in [0.25, 0.3) is 0 Å². The van der Waals surface area contributed by atoms with Gasteiger partial charge >= 0.3 is 6.36 Å². The van der Waals surface area contributed by atoms with Gasteiger partial charge in [-0.25, -0.2) is 4.39 Å². The number of phenolic OH excluding ortho intramolecular Hbond substituents is 1. The van der Waals surface area contributed by atoms with E-state index in [1.54, 1.807) is 0 Å². The summed E-state index contributed by atoms with van der Waals surface area (Å²) in [6.45, 7) is 0. The smallest absolute Gasteiger partial charge is 0.508 e. The lowest BCUT2D eigenvalue weighted by atomic mass is 9.99. The topological polar surface area (TPSA) is 55.5 Å². The van der Waals surface area contributed by atoms with E-state index in [1.807, 2.05) is 0 Å². The molecule has 2 aromatic carbocycles. The average molecular weight is 301 g/mol. The molecule has 0 aliphatic heterocycles. The molecule has 0 aliphatic carbocycles. The number of nitrogens with two attached hydrogens (primary N) is 1. The SMILES string of the molecule is N[C@@H](c1ccc(OC(F)(F)F)cc1)c1ccc(O)cc1F. The van der Waals surface area contributed by atoms with Gasteiger partial charge in [0.1, 0.15) is 17.3 Å². The van der Waals surface area contributed by atoms with Crippen molar-refractivity contribution < 1.29 is 27.4 Å². The molecule has 21 heavy (non-hydrogen) atoms. The molecule has 0 saturated heterocycles. The van der Waals surface area contributed by atoms with Gasteiger partial charge < -0.3 is 15.6 Å². The summed E-state index contributed by atoms with van der Waals surface area (Å²) >= 11 is 0. The summed E-state index contributed by atoms with van der Waals surface area (Å²) in [5.41, 5.74) is 6.39. The van der Waals surface area contributed by atoms with Crippen LogP contribution in [0.3, 0.4) is 0 Å². The van der Waals surface area contributed by atoms with Gasteiger partial charge in [0.05, 0.1) is 6.04 Å². The van der Waals surface area contributed by atoms with Gasteiger partial charge in [0.15, 0.2) is 0 Å². The third-order valence-corrected chi connectivity index (χ3v) is 2.79. The van der Waals surface area contributed by atoms with E-state index in [0.29, 0.717) is 5.56 Å². The highest BCUT2D eigenvalue weighted by atomic mass is 19.4. The van der Waals surface area contributed by atoms with Crippen molar-refractivity contribution in [3.05, 3.63) is 59.4 Å². The Morgan fingerprint density at radius 1 is 1.05 bits per heavy atom. The summed E-state index contributed by atoms with van der Waals surface area (Å²) in [4.78, 5) is 0. The summed E-state index contributed by atoms with van der Waals surface area (Å²) in [6.07, 6.45) is -4.77. The molecule has 0 heterocycles. The van der Waals surface area contributed by atoms with Crippen LogP contribution < -0.4 is 10.5 Å². The van der Waals surface area contributed by atoms with Crippen LogP contribution in [-0.4, -0.2) is 11.5 Å². The van der Waals surface area contributed by atoms with Crippen molar-refractivity contribution in [2.24, 2.45) is 5.73 Å². The average Bonchev–Trinajstić information content (AvgIpc) is 2.37. The first kappa shape index (κ1) is 15.1. The van der Waals surface area contributed by atoms with E-state index in [-0.39, 0.29) is 17.1 Å². The number of alkyl halides is 3. The van der Waals surface area contributed by atoms with Gasteiger partial charge in [0.2, 0.25) is 0 Å². The normalized spacial score (nSPS) is 13.0. The van der Waals surface area contributed by atoms with E-state index < -0.39 is 18.2 Å². The summed E-state index contributed by atoms with van der Waals surface area (Å²) in [5, 5.41) is 9.13. The molecule has 0 fully saturated rings. The van der Waals surface area contributed by atoms with E-state index in [0.717, 1.165) is 18.2 Å². The molecule has 112 valence electrons. The molecule has 1 atom stereocenters. The van der Waals surface area contributed by atoms with Crippen molar-refractivity contribution in [2.75, 3.05) is 0 Å². The maximum atomic E-state index is 13.7. The standard InChI is InChI=1S/C14H11F4NO2/c15-12-7-9(20)3-6-11(12)13(19)8-1-4-10(5-2-8)21-14(16,17)18/h1-7,13,20H,19H2/t13-/m0/s1. The van der Waals surface area contributed by atoms with Gasteiger partial charge in [-0.2, -0.15) is 0 Å². The van der Waals surface area contributed by atoms with Gasteiger partial charge in [-0.15, -0.1) is 13.2 Å². The second-order valence-electron chi connectivity index (χ2n) is 4.30. The lowest BCUT2D eigenvalue weighted by molar-refractivity contribution is -0.274. The molecule has 0 unspecified atom stereocenters. The van der Waals surface area contributed by atoms with E-state index in [4.69, 9.17) is 10.8 Å². The molecule has 0 aromatic heterocycles. The second kappa shape index (κ2) is 5.61. The molecule has 3 N–H and O–H groups in total. The Labute approximate surface area is 117 Å². The van der Waals surface area contributed by atoms with Crippen molar-refractivity contribution in [1.29, 1.82) is 0 Å². The first-order valence-electron chi connectivity index (χ1n) is 5.86. The molecule has 2 aromatic rings. The molecule has 2 rings (SSSR count). The lowest BCUT2D eigenvalue weighted by Gasteiger charge is -2.15. The zero-order chi connectivity index (χ0) is 15.6. The Morgan fingerprint density at radius 2 is 1.67 bits per heavy atom. The number of hydrogen-bond acceptors (Lipinski definition) is 3. The Morgan fingerprint density at radius 3 is 2.19 bits per heavy atom. The Balaban J connectivity index is 2.22. The highest BCUT2D eigenvalue weighted by molar-refractivity contribution is 5.38. The summed E-state index contributed by atoms with van der Waals surface area (Å²) in [5.74, 6) is -1.32. The first-order chi connectivity index (χ1) is 9.76. The van der Waals surface area contributed by atoms with E-state index in [2.05, 4.69) is 4.74 Å². The van der Waals surface area contributed by atoms with Crippen molar-refractivity contribution in [2.45, 2.75) is 12.4 Å². The van der Waals surface area contributed by atoms with Crippen LogP contribution in [0.2, 0.25) is 0 Å². The molecule has 0 aliphatic rings. The van der Waals surface area contributed by atoms with Crippen LogP contribution in [0.1, 0.15) is 17.2 Å². The zero-order valence-corrected chi connectivity index (χ0v) is 10.6. The van der Waals surface area contributed by atoms with Crippen molar-refractivity contribution in [3.8, 4) is 11.5 Å². The lowest BCUT2D eigenvalue weighted by Crippen LogP contribution is -2.17. The van der Waals surface area contributed by atoms with Crippen LogP contribution in [0.4, 0.5) is 17.6 Å². The Bertz CT molecular complexity index is 626. The molecule has 7 heteroatoms. The molecule has 0 bridgehead atoms. The van der Waals surface area contributed by atoms with Crippen LogP contribution in [0.15, 0.2) is 42.5 Å². The quantitative estimate of drug-likeness (QED) is 0.853. The maximum Gasteiger partial charge on any atom is 0.573 e. The minimum atomic E-state index is -4.77. The maximum absolute atomic E-state index is 13.7. The number of benzene rings is 2. The molecule has 0 spiro atoms. The van der Waals surface area contributed by atoms with E-state index in [1.165, 1.54) is 24.3 Å². The summed E-state index contributed by atoms with van der Waals surface area (Å²) < 4.78 is 53.5. The first-order valence-corrected chi connectivity index (χ1v) is 5.86. The minimum Gasteiger partial charge on any atom is -0.508 e. The Kier molecular flexibility index (Phi) is 4.04. The van der Waals surface area contributed by atoms with Crippen LogP contribution in [-0.2, 0) is 0 Å². The fourth-order valence-electron chi connectivity index (χ4n) is 1.82. The number of halogens is 4. The van der Waals surface area contributed by atoms with Gasteiger partial charge in [0, 0.05) is 11.6 Å². The van der Waals surface area contributed by atoms with Gasteiger partial charge in [-0.05, 0) is 23.8 Å². The third-order valence-electron chi connectivity index (χ3n) is 2.79. The minimum absolute atomic E-state index is 0.122. The molecule has 3 nitrogen and oxygen atoms in total. The van der Waals surface area contributed by atoms with Crippen molar-refractivity contribution in [3.63, 3.8) is 0 Å². The third kappa shape index (κ3) is 3.85. The number of ether oxygens (including phenoxy) is 1. The van der Waals surface area contributed by atoms with E-state index >= 15 is 0 Å². The monoisotopic (exact) mass is 301 g/mol. The van der Waals surface area contributed by atoms with Crippen molar-refractivity contribution in [1.82, 2.24) is 0 Å². The van der Waals surface area contributed by atoms with Crippen molar-refractivity contribution >= 4 is 0 Å². The molecule has 0 saturated carbocycles.